The maximum Gasteiger partial charge on any atom is 0.433 e. The monoisotopic (exact) mass is 469 g/mol. The van der Waals surface area contributed by atoms with Crippen molar-refractivity contribution >= 4 is 11.0 Å². The van der Waals surface area contributed by atoms with Gasteiger partial charge in [-0.1, -0.05) is 0 Å². The molecule has 0 spiro atoms. The second-order valence-electron chi connectivity index (χ2n) is 6.68. The molecule has 0 bridgehead atoms. The van der Waals surface area contributed by atoms with Crippen LogP contribution in [0, 0.1) is 0 Å². The number of alkyl halides is 5. The van der Waals surface area contributed by atoms with Crippen LogP contribution in [0.3, 0.4) is 0 Å². The molecule has 3 aromatic heterocycles. The van der Waals surface area contributed by atoms with Gasteiger partial charge in [0.15, 0.2) is 5.82 Å². The summed E-state index contributed by atoms with van der Waals surface area (Å²) in [5.41, 5.74) is -3.17. The first-order valence-corrected chi connectivity index (χ1v) is 9.06. The zero-order chi connectivity index (χ0) is 23.9. The van der Waals surface area contributed by atoms with Gasteiger partial charge >= 0.3 is 18.5 Å². The molecule has 0 amide bonds. The number of rotatable bonds is 5. The van der Waals surface area contributed by atoms with Crippen molar-refractivity contribution in [2.24, 2.45) is 7.05 Å². The lowest BCUT2D eigenvalue weighted by atomic mass is 10.2. The van der Waals surface area contributed by atoms with Crippen molar-refractivity contribution in [1.82, 2.24) is 34.3 Å². The molecule has 0 aliphatic carbocycles. The van der Waals surface area contributed by atoms with Crippen LogP contribution in [-0.4, -0.2) is 40.9 Å². The number of pyridine rings is 1. The van der Waals surface area contributed by atoms with Crippen LogP contribution in [0.5, 0.6) is 5.75 Å². The third-order valence-corrected chi connectivity index (χ3v) is 4.62. The molecule has 10 nitrogen and oxygen atoms in total. The number of ether oxygens (including phenoxy) is 1. The molecule has 0 radical (unpaired) electrons. The third-order valence-electron chi connectivity index (χ3n) is 4.62. The fourth-order valence-corrected chi connectivity index (χ4v) is 3.09. The molecule has 0 aliphatic rings. The normalized spacial score (nSPS) is 12.0. The Morgan fingerprint density at radius 1 is 1.06 bits per heavy atom. The molecule has 0 unspecified atom stereocenters. The highest BCUT2D eigenvalue weighted by molar-refractivity contribution is 5.74. The van der Waals surface area contributed by atoms with Crippen molar-refractivity contribution in [2.45, 2.75) is 19.3 Å². The molecule has 4 aromatic rings. The Morgan fingerprint density at radius 3 is 2.39 bits per heavy atom. The van der Waals surface area contributed by atoms with Gasteiger partial charge in [-0.25, -0.2) is 9.78 Å². The highest BCUT2D eigenvalue weighted by Crippen LogP contribution is 2.28. The smallest absolute Gasteiger partial charge is 0.433 e. The van der Waals surface area contributed by atoms with E-state index in [2.05, 4.69) is 25.2 Å². The van der Waals surface area contributed by atoms with Crippen LogP contribution in [0.15, 0.2) is 46.0 Å². The number of hydrogen-bond acceptors (Lipinski definition) is 7. The number of nitrogens with zero attached hydrogens (tertiary/aromatic N) is 7. The maximum absolute atomic E-state index is 13.0. The Morgan fingerprint density at radius 2 is 1.76 bits per heavy atom. The number of aryl methyl sites for hydroxylation is 1. The topological polar surface area (TPSA) is 110 Å². The third kappa shape index (κ3) is 4.16. The van der Waals surface area contributed by atoms with Gasteiger partial charge in [0.25, 0.3) is 5.56 Å². The zero-order valence-corrected chi connectivity index (χ0v) is 16.5. The molecule has 0 saturated heterocycles. The summed E-state index contributed by atoms with van der Waals surface area (Å²) < 4.78 is 70.5. The molecule has 0 aliphatic heterocycles. The first kappa shape index (κ1) is 22.0. The molecule has 15 heteroatoms. The first-order valence-electron chi connectivity index (χ1n) is 9.06. The SMILES string of the molecule is Cn1c(=O)n(Cc2nnnn2-c2ccc(OC(F)F)cc2)c(=O)c2ccc(C(F)(F)F)nc21. The highest BCUT2D eigenvalue weighted by Gasteiger charge is 2.33. The van der Waals surface area contributed by atoms with Crippen LogP contribution in [-0.2, 0) is 19.8 Å². The van der Waals surface area contributed by atoms with Crippen LogP contribution in [0.2, 0.25) is 0 Å². The molecule has 0 fully saturated rings. The molecule has 4 rings (SSSR count). The number of benzene rings is 1. The van der Waals surface area contributed by atoms with E-state index < -0.39 is 41.9 Å². The molecular formula is C18H12F5N7O3. The Labute approximate surface area is 179 Å². The summed E-state index contributed by atoms with van der Waals surface area (Å²) in [7, 11) is 1.18. The maximum atomic E-state index is 13.0. The van der Waals surface area contributed by atoms with Gasteiger partial charge in [-0.15, -0.1) is 5.10 Å². The van der Waals surface area contributed by atoms with E-state index in [-0.39, 0.29) is 17.0 Å². The van der Waals surface area contributed by atoms with Gasteiger partial charge in [0.1, 0.15) is 17.1 Å². The van der Waals surface area contributed by atoms with Gasteiger partial charge < -0.3 is 4.74 Å². The van der Waals surface area contributed by atoms with E-state index in [4.69, 9.17) is 0 Å². The van der Waals surface area contributed by atoms with E-state index in [1.807, 2.05) is 0 Å². The summed E-state index contributed by atoms with van der Waals surface area (Å²) in [5, 5.41) is 10.8. The quantitative estimate of drug-likeness (QED) is 0.410. The van der Waals surface area contributed by atoms with Gasteiger partial charge in [-0.2, -0.15) is 26.6 Å². The molecule has 3 heterocycles. The van der Waals surface area contributed by atoms with E-state index >= 15 is 0 Å². The van der Waals surface area contributed by atoms with E-state index in [1.165, 1.54) is 31.3 Å². The minimum Gasteiger partial charge on any atom is -0.435 e. The summed E-state index contributed by atoms with van der Waals surface area (Å²) in [6.07, 6.45) is -4.75. The minimum absolute atomic E-state index is 0.0240. The summed E-state index contributed by atoms with van der Waals surface area (Å²) in [5.74, 6) is -0.0790. The Kier molecular flexibility index (Phi) is 5.39. The average molecular weight is 469 g/mol. The number of tetrazole rings is 1. The average Bonchev–Trinajstić information content (AvgIpc) is 3.22. The fraction of sp³-hybridized carbons (Fsp3) is 0.222. The largest absolute Gasteiger partial charge is 0.435 e. The van der Waals surface area contributed by atoms with Crippen molar-refractivity contribution < 1.29 is 26.7 Å². The first-order chi connectivity index (χ1) is 15.6. The van der Waals surface area contributed by atoms with Crippen molar-refractivity contribution in [3.05, 3.63) is 68.8 Å². The predicted octanol–water partition coefficient (Wildman–Crippen LogP) is 1.74. The second-order valence-corrected chi connectivity index (χ2v) is 6.68. The molecule has 1 aromatic carbocycles. The lowest BCUT2D eigenvalue weighted by molar-refractivity contribution is -0.141. The number of halogens is 5. The molecule has 0 atom stereocenters. The van der Waals surface area contributed by atoms with Gasteiger partial charge in [0.2, 0.25) is 0 Å². The molecule has 172 valence electrons. The zero-order valence-electron chi connectivity index (χ0n) is 16.5. The van der Waals surface area contributed by atoms with Crippen molar-refractivity contribution in [3.8, 4) is 11.4 Å². The molecule has 0 saturated carbocycles. The van der Waals surface area contributed by atoms with Crippen LogP contribution in [0.1, 0.15) is 11.5 Å². The van der Waals surface area contributed by atoms with Gasteiger partial charge in [-0.05, 0) is 46.8 Å². The Hall–Kier alpha value is -4.17. The van der Waals surface area contributed by atoms with E-state index in [0.717, 1.165) is 19.9 Å². The fourth-order valence-electron chi connectivity index (χ4n) is 3.09. The van der Waals surface area contributed by atoms with E-state index in [1.54, 1.807) is 0 Å². The van der Waals surface area contributed by atoms with Crippen molar-refractivity contribution in [3.63, 3.8) is 0 Å². The summed E-state index contributed by atoms with van der Waals surface area (Å²) in [6.45, 7) is -3.43. The van der Waals surface area contributed by atoms with Gasteiger partial charge in [0, 0.05) is 7.05 Å². The van der Waals surface area contributed by atoms with Crippen molar-refractivity contribution in [2.75, 3.05) is 0 Å². The summed E-state index contributed by atoms with van der Waals surface area (Å²) >= 11 is 0. The van der Waals surface area contributed by atoms with Crippen LogP contribution < -0.4 is 16.0 Å². The molecular weight excluding hydrogens is 457 g/mol. The lowest BCUT2D eigenvalue weighted by Gasteiger charge is -2.12. The van der Waals surface area contributed by atoms with Crippen LogP contribution in [0.4, 0.5) is 22.0 Å². The van der Waals surface area contributed by atoms with Crippen LogP contribution in [0.25, 0.3) is 16.7 Å². The molecule has 0 N–H and O–H groups in total. The van der Waals surface area contributed by atoms with Crippen molar-refractivity contribution in [1.29, 1.82) is 0 Å². The second kappa shape index (κ2) is 8.07. The van der Waals surface area contributed by atoms with Gasteiger partial charge in [-0.3, -0.25) is 13.9 Å². The highest BCUT2D eigenvalue weighted by atomic mass is 19.4. The number of fused-ring (bicyclic) bond motifs is 1. The number of hydrogen-bond donors (Lipinski definition) is 0. The minimum atomic E-state index is -4.75. The Bertz CT molecular complexity index is 1440. The van der Waals surface area contributed by atoms with E-state index in [9.17, 15) is 31.5 Å². The van der Waals surface area contributed by atoms with Crippen LogP contribution >= 0.6 is 0 Å². The predicted molar refractivity (Wildman–Crippen MR) is 101 cm³/mol. The van der Waals surface area contributed by atoms with Gasteiger partial charge in [0.05, 0.1) is 17.6 Å². The number of aromatic nitrogens is 7. The molecule has 33 heavy (non-hydrogen) atoms. The standard InChI is InChI=1S/C18H12F5N7O3/c1-28-14-11(6-7-12(24-14)18(21,22)23)15(31)29(17(28)32)8-13-25-26-27-30(13)9-2-4-10(5-3-9)33-16(19)20/h2-7,16H,8H2,1H3. The summed E-state index contributed by atoms with van der Waals surface area (Å²) in [6, 6.07) is 6.83. The lowest BCUT2D eigenvalue weighted by Crippen LogP contribution is -2.40. The Balaban J connectivity index is 1.75. The van der Waals surface area contributed by atoms with E-state index in [0.29, 0.717) is 11.8 Å². The summed E-state index contributed by atoms with van der Waals surface area (Å²) in [4.78, 5) is 29.0.